The number of hydrogen-bond donors (Lipinski definition) is 0. The highest BCUT2D eigenvalue weighted by atomic mass is 32.1. The van der Waals surface area contributed by atoms with Crippen molar-refractivity contribution in [3.63, 3.8) is 0 Å². The van der Waals surface area contributed by atoms with E-state index in [1.165, 1.54) is 11.5 Å². The summed E-state index contributed by atoms with van der Waals surface area (Å²) in [6.07, 6.45) is 1.69. The van der Waals surface area contributed by atoms with Crippen molar-refractivity contribution < 1.29 is 4.79 Å². The highest BCUT2D eigenvalue weighted by molar-refractivity contribution is 7.03. The summed E-state index contributed by atoms with van der Waals surface area (Å²) in [6, 6.07) is 0. The molecule has 0 aliphatic carbocycles. The summed E-state index contributed by atoms with van der Waals surface area (Å²) < 4.78 is 4.02. The van der Waals surface area contributed by atoms with Gasteiger partial charge >= 0.3 is 0 Å². The smallest absolute Gasteiger partial charge is 0.152 e. The zero-order chi connectivity index (χ0) is 6.69. The Morgan fingerprint density at radius 3 is 3.11 bits per heavy atom. The van der Waals surface area contributed by atoms with Crippen LogP contribution < -0.4 is 0 Å². The lowest BCUT2D eigenvalue weighted by Crippen LogP contribution is -1.84. The van der Waals surface area contributed by atoms with Gasteiger partial charge in [-0.1, -0.05) is 6.92 Å². The van der Waals surface area contributed by atoms with E-state index < -0.39 is 0 Å². The summed E-state index contributed by atoms with van der Waals surface area (Å²) in [5.74, 6) is 0. The minimum absolute atomic E-state index is 0.738. The van der Waals surface area contributed by atoms with Crippen molar-refractivity contribution >= 4 is 17.8 Å². The molecule has 0 amide bonds. The summed E-state index contributed by atoms with van der Waals surface area (Å²) in [5, 5.41) is 1.77. The molecule has 0 unspecified atom stereocenters. The topological polar surface area (TPSA) is 30.0 Å². The molecule has 1 rings (SSSR count). The number of rotatable bonds is 2. The summed E-state index contributed by atoms with van der Waals surface area (Å²) >= 11 is 1.33. The second-order valence-electron chi connectivity index (χ2n) is 1.69. The molecule has 0 N–H and O–H groups in total. The van der Waals surface area contributed by atoms with Crippen LogP contribution in [0.2, 0.25) is 0 Å². The van der Waals surface area contributed by atoms with Crippen LogP contribution in [-0.2, 0) is 6.42 Å². The van der Waals surface area contributed by atoms with E-state index in [0.29, 0.717) is 0 Å². The fourth-order valence-corrected chi connectivity index (χ4v) is 1.35. The van der Waals surface area contributed by atoms with Crippen LogP contribution in [0.4, 0.5) is 0 Å². The van der Waals surface area contributed by atoms with E-state index in [-0.39, 0.29) is 0 Å². The minimum atomic E-state index is 0.738. The number of carbonyl (C=O) groups excluding carboxylic acids is 1. The normalized spacial score (nSPS) is 9.44. The molecule has 0 aliphatic heterocycles. The second-order valence-corrected chi connectivity index (χ2v) is 2.32. The van der Waals surface area contributed by atoms with Crippen molar-refractivity contribution in [1.82, 2.24) is 4.37 Å². The molecule has 0 aromatic carbocycles. The first-order valence-corrected chi connectivity index (χ1v) is 3.60. The molecular formula is C6H7NOS. The lowest BCUT2D eigenvalue weighted by Gasteiger charge is -1.84. The molecule has 1 aromatic heterocycles. The largest absolute Gasteiger partial charge is 0.298 e. The zero-order valence-electron chi connectivity index (χ0n) is 5.13. The van der Waals surface area contributed by atoms with Crippen molar-refractivity contribution in [3.05, 3.63) is 16.6 Å². The van der Waals surface area contributed by atoms with Crippen LogP contribution in [0.3, 0.4) is 0 Å². The maximum Gasteiger partial charge on any atom is 0.152 e. The van der Waals surface area contributed by atoms with Gasteiger partial charge in [-0.3, -0.25) is 4.79 Å². The Morgan fingerprint density at radius 2 is 2.67 bits per heavy atom. The molecule has 0 fully saturated rings. The Bertz CT molecular complexity index is 207. The Kier molecular flexibility index (Phi) is 1.95. The van der Waals surface area contributed by atoms with Crippen molar-refractivity contribution in [2.45, 2.75) is 13.3 Å². The van der Waals surface area contributed by atoms with E-state index in [9.17, 15) is 4.79 Å². The van der Waals surface area contributed by atoms with E-state index in [1.54, 1.807) is 5.38 Å². The molecular weight excluding hydrogens is 134 g/mol. The molecule has 1 aromatic rings. The third-order valence-corrected chi connectivity index (χ3v) is 1.82. The summed E-state index contributed by atoms with van der Waals surface area (Å²) in [6.45, 7) is 1.99. The van der Waals surface area contributed by atoms with E-state index in [4.69, 9.17) is 0 Å². The summed E-state index contributed by atoms with van der Waals surface area (Å²) in [7, 11) is 0. The molecule has 1 heterocycles. The molecule has 9 heavy (non-hydrogen) atoms. The van der Waals surface area contributed by atoms with Gasteiger partial charge in [-0.05, 0) is 18.0 Å². The van der Waals surface area contributed by atoms with Gasteiger partial charge in [0.2, 0.25) is 0 Å². The van der Waals surface area contributed by atoms with Gasteiger partial charge in [-0.25, -0.2) is 0 Å². The maximum atomic E-state index is 10.2. The molecule has 3 heteroatoms. The number of aromatic nitrogens is 1. The fraction of sp³-hybridized carbons (Fsp3) is 0.333. The highest BCUT2D eigenvalue weighted by Crippen LogP contribution is 2.07. The third kappa shape index (κ3) is 1.16. The van der Waals surface area contributed by atoms with Crippen molar-refractivity contribution in [3.8, 4) is 0 Å². The first-order valence-electron chi connectivity index (χ1n) is 2.77. The molecule has 0 saturated heterocycles. The van der Waals surface area contributed by atoms with Gasteiger partial charge in [0, 0.05) is 10.9 Å². The van der Waals surface area contributed by atoms with Gasteiger partial charge in [0.15, 0.2) is 6.29 Å². The fourth-order valence-electron chi connectivity index (χ4n) is 0.632. The van der Waals surface area contributed by atoms with Gasteiger partial charge in [0.25, 0.3) is 0 Å². The van der Waals surface area contributed by atoms with E-state index >= 15 is 0 Å². The van der Waals surface area contributed by atoms with Crippen LogP contribution in [0.5, 0.6) is 0 Å². The SMILES string of the molecule is CCc1nscc1C=O. The molecule has 0 saturated carbocycles. The molecule has 0 bridgehead atoms. The second kappa shape index (κ2) is 2.73. The number of hydrogen-bond acceptors (Lipinski definition) is 3. The Labute approximate surface area is 57.7 Å². The zero-order valence-corrected chi connectivity index (χ0v) is 5.94. The van der Waals surface area contributed by atoms with Gasteiger partial charge < -0.3 is 0 Å². The number of carbonyl (C=O) groups is 1. The molecule has 0 atom stereocenters. The maximum absolute atomic E-state index is 10.2. The van der Waals surface area contributed by atoms with Crippen molar-refractivity contribution in [2.75, 3.05) is 0 Å². The predicted octanol–water partition coefficient (Wildman–Crippen LogP) is 1.52. The molecule has 0 radical (unpaired) electrons. The van der Waals surface area contributed by atoms with E-state index in [2.05, 4.69) is 4.37 Å². The van der Waals surface area contributed by atoms with Gasteiger partial charge in [0.05, 0.1) is 5.69 Å². The van der Waals surface area contributed by atoms with Crippen LogP contribution in [-0.4, -0.2) is 10.7 Å². The Hall–Kier alpha value is -0.700. The standard InChI is InChI=1S/C6H7NOS/c1-2-6-5(3-8)4-9-7-6/h3-4H,2H2,1H3. The van der Waals surface area contributed by atoms with Gasteiger partial charge in [-0.15, -0.1) is 0 Å². The Morgan fingerprint density at radius 1 is 1.89 bits per heavy atom. The van der Waals surface area contributed by atoms with Crippen molar-refractivity contribution in [2.24, 2.45) is 0 Å². The van der Waals surface area contributed by atoms with Crippen LogP contribution in [0.15, 0.2) is 5.38 Å². The summed E-state index contributed by atoms with van der Waals surface area (Å²) in [5.41, 5.74) is 1.65. The average molecular weight is 141 g/mol. The third-order valence-electron chi connectivity index (χ3n) is 1.14. The molecule has 2 nitrogen and oxygen atoms in total. The van der Waals surface area contributed by atoms with Crippen LogP contribution in [0, 0.1) is 0 Å². The monoisotopic (exact) mass is 141 g/mol. The molecule has 0 spiro atoms. The average Bonchev–Trinajstić information content (AvgIpc) is 2.33. The number of aldehydes is 1. The Balaban J connectivity index is 2.98. The predicted molar refractivity (Wildman–Crippen MR) is 36.9 cm³/mol. The van der Waals surface area contributed by atoms with E-state index in [0.717, 1.165) is 24.0 Å². The van der Waals surface area contributed by atoms with Crippen molar-refractivity contribution in [1.29, 1.82) is 0 Å². The van der Waals surface area contributed by atoms with Gasteiger partial charge in [-0.2, -0.15) is 4.37 Å². The van der Waals surface area contributed by atoms with Crippen LogP contribution >= 0.6 is 11.5 Å². The number of nitrogens with zero attached hydrogens (tertiary/aromatic N) is 1. The molecule has 0 aliphatic rings. The first kappa shape index (κ1) is 6.42. The highest BCUT2D eigenvalue weighted by Gasteiger charge is 1.99. The van der Waals surface area contributed by atoms with E-state index in [1.807, 2.05) is 6.92 Å². The first-order chi connectivity index (χ1) is 4.38. The quantitative estimate of drug-likeness (QED) is 0.584. The lowest BCUT2D eigenvalue weighted by atomic mass is 10.2. The van der Waals surface area contributed by atoms with Crippen LogP contribution in [0.1, 0.15) is 23.0 Å². The lowest BCUT2D eigenvalue weighted by molar-refractivity contribution is 0.112. The number of aryl methyl sites for hydroxylation is 1. The van der Waals surface area contributed by atoms with Crippen LogP contribution in [0.25, 0.3) is 0 Å². The summed E-state index contributed by atoms with van der Waals surface area (Å²) in [4.78, 5) is 10.2. The van der Waals surface area contributed by atoms with Gasteiger partial charge in [0.1, 0.15) is 0 Å². The molecule has 48 valence electrons. The minimum Gasteiger partial charge on any atom is -0.298 e.